The maximum absolute atomic E-state index is 11.3. The number of anilines is 3. The molecule has 0 amide bonds. The third kappa shape index (κ3) is 2.71. The van der Waals surface area contributed by atoms with E-state index < -0.39 is 4.92 Å². The van der Waals surface area contributed by atoms with E-state index in [4.69, 9.17) is 5.73 Å². The molecule has 0 saturated heterocycles. The molecule has 0 bridgehead atoms. The first-order valence-electron chi connectivity index (χ1n) is 6.35. The molecule has 0 fully saturated rings. The van der Waals surface area contributed by atoms with Gasteiger partial charge in [0.2, 0.25) is 5.82 Å². The van der Waals surface area contributed by atoms with Crippen LogP contribution < -0.4 is 11.1 Å². The molecule has 0 spiro atoms. The first kappa shape index (κ1) is 13.9. The van der Waals surface area contributed by atoms with Crippen molar-refractivity contribution in [3.05, 3.63) is 40.1 Å². The van der Waals surface area contributed by atoms with Crippen LogP contribution in [0.3, 0.4) is 0 Å². The van der Waals surface area contributed by atoms with E-state index in [-0.39, 0.29) is 5.69 Å². The average Bonchev–Trinajstić information content (AvgIpc) is 2.66. The number of nitro groups is 1. The van der Waals surface area contributed by atoms with Crippen LogP contribution in [-0.4, -0.2) is 14.7 Å². The molecule has 1 aromatic carbocycles. The van der Waals surface area contributed by atoms with Gasteiger partial charge in [0.25, 0.3) is 0 Å². The molecule has 0 radical (unpaired) electrons. The number of rotatable bonds is 5. The lowest BCUT2D eigenvalue weighted by Crippen LogP contribution is -2.01. The molecule has 3 N–H and O–H groups in total. The summed E-state index contributed by atoms with van der Waals surface area (Å²) < 4.78 is 1.49. The molecule has 0 unspecified atom stereocenters. The minimum absolute atomic E-state index is 0.0248. The first-order valence-corrected chi connectivity index (χ1v) is 6.35. The summed E-state index contributed by atoms with van der Waals surface area (Å²) in [4.78, 5) is 10.9. The smallest absolute Gasteiger partial charge is 0.334 e. The van der Waals surface area contributed by atoms with Gasteiger partial charge in [-0.05, 0) is 24.6 Å². The number of hydrogen-bond donors (Lipinski definition) is 2. The van der Waals surface area contributed by atoms with Gasteiger partial charge in [0.1, 0.15) is 5.69 Å². The predicted octanol–water partition coefficient (Wildman–Crippen LogP) is 2.61. The minimum atomic E-state index is -0.396. The molecular weight excluding hydrogens is 258 g/mol. The number of aromatic nitrogens is 2. The van der Waals surface area contributed by atoms with Gasteiger partial charge >= 0.3 is 5.69 Å². The van der Waals surface area contributed by atoms with Crippen molar-refractivity contribution in [2.45, 2.75) is 19.8 Å². The highest BCUT2D eigenvalue weighted by atomic mass is 16.6. The average molecular weight is 275 g/mol. The quantitative estimate of drug-likeness (QED) is 0.496. The van der Waals surface area contributed by atoms with Crippen LogP contribution in [0.15, 0.2) is 24.3 Å². The van der Waals surface area contributed by atoms with E-state index in [1.54, 1.807) is 31.3 Å². The molecule has 0 aliphatic heterocycles. The van der Waals surface area contributed by atoms with Crippen LogP contribution in [0.5, 0.6) is 0 Å². The van der Waals surface area contributed by atoms with E-state index in [2.05, 4.69) is 10.4 Å². The summed E-state index contributed by atoms with van der Waals surface area (Å²) in [6.45, 7) is 1.96. The summed E-state index contributed by atoms with van der Waals surface area (Å²) in [5.41, 5.74) is 7.51. The highest BCUT2D eigenvalue weighted by Crippen LogP contribution is 2.31. The maximum Gasteiger partial charge on any atom is 0.334 e. The fourth-order valence-corrected chi connectivity index (χ4v) is 2.06. The normalized spacial score (nSPS) is 10.5. The minimum Gasteiger partial charge on any atom is -0.399 e. The van der Waals surface area contributed by atoms with Crippen molar-refractivity contribution in [3.63, 3.8) is 0 Å². The molecule has 106 valence electrons. The van der Waals surface area contributed by atoms with Crippen molar-refractivity contribution in [2.24, 2.45) is 7.05 Å². The van der Waals surface area contributed by atoms with Gasteiger partial charge in [-0.15, -0.1) is 0 Å². The number of hydrogen-bond acceptors (Lipinski definition) is 5. The molecule has 0 saturated carbocycles. The van der Waals surface area contributed by atoms with E-state index >= 15 is 0 Å². The Morgan fingerprint density at radius 3 is 2.85 bits per heavy atom. The number of nitrogen functional groups attached to an aromatic ring is 1. The van der Waals surface area contributed by atoms with Gasteiger partial charge in [-0.2, -0.15) is 5.10 Å². The van der Waals surface area contributed by atoms with Gasteiger partial charge in [0.05, 0.1) is 4.92 Å². The van der Waals surface area contributed by atoms with Gasteiger partial charge in [-0.1, -0.05) is 19.4 Å². The lowest BCUT2D eigenvalue weighted by Gasteiger charge is -2.06. The number of nitrogens with one attached hydrogen (secondary N) is 1. The molecule has 0 atom stereocenters. The number of nitrogens with zero attached hydrogens (tertiary/aromatic N) is 3. The summed E-state index contributed by atoms with van der Waals surface area (Å²) in [5.74, 6) is 0.365. The standard InChI is InChI=1S/C13H17N5O2/c1-3-5-11-12(18(19)20)13(17(2)16-11)15-10-7-4-6-9(14)8-10/h4,6-8,15H,3,5,14H2,1-2H3. The Kier molecular flexibility index (Phi) is 3.88. The number of benzene rings is 1. The van der Waals surface area contributed by atoms with E-state index in [0.717, 1.165) is 6.42 Å². The van der Waals surface area contributed by atoms with Crippen molar-refractivity contribution in [3.8, 4) is 0 Å². The topological polar surface area (TPSA) is 99.0 Å². The van der Waals surface area contributed by atoms with Crippen LogP contribution in [0, 0.1) is 10.1 Å². The van der Waals surface area contributed by atoms with Crippen molar-refractivity contribution in [2.75, 3.05) is 11.1 Å². The maximum atomic E-state index is 11.3. The molecule has 0 aliphatic rings. The van der Waals surface area contributed by atoms with E-state index in [0.29, 0.717) is 29.3 Å². The van der Waals surface area contributed by atoms with Crippen molar-refractivity contribution in [1.82, 2.24) is 9.78 Å². The Bertz CT molecular complexity index is 636. The molecular formula is C13H17N5O2. The van der Waals surface area contributed by atoms with Crippen molar-refractivity contribution in [1.29, 1.82) is 0 Å². The molecule has 1 heterocycles. The largest absolute Gasteiger partial charge is 0.399 e. The van der Waals surface area contributed by atoms with Crippen LogP contribution in [0.25, 0.3) is 0 Å². The van der Waals surface area contributed by atoms with Gasteiger partial charge in [-0.25, -0.2) is 4.68 Å². The van der Waals surface area contributed by atoms with Crippen molar-refractivity contribution >= 4 is 22.9 Å². The SMILES string of the molecule is CCCc1nn(C)c(Nc2cccc(N)c2)c1[N+](=O)[O-]. The third-order valence-corrected chi connectivity index (χ3v) is 2.91. The summed E-state index contributed by atoms with van der Waals surface area (Å²) in [7, 11) is 1.68. The Morgan fingerprint density at radius 1 is 1.50 bits per heavy atom. The zero-order valence-corrected chi connectivity index (χ0v) is 11.5. The van der Waals surface area contributed by atoms with E-state index in [9.17, 15) is 10.1 Å². The molecule has 7 heteroatoms. The van der Waals surface area contributed by atoms with Crippen LogP contribution in [-0.2, 0) is 13.5 Å². The van der Waals surface area contributed by atoms with Crippen LogP contribution >= 0.6 is 0 Å². The fraction of sp³-hybridized carbons (Fsp3) is 0.308. The van der Waals surface area contributed by atoms with Gasteiger partial charge in [0, 0.05) is 18.4 Å². The summed E-state index contributed by atoms with van der Waals surface area (Å²) >= 11 is 0. The molecule has 20 heavy (non-hydrogen) atoms. The van der Waals surface area contributed by atoms with Crippen LogP contribution in [0.1, 0.15) is 19.0 Å². The molecule has 7 nitrogen and oxygen atoms in total. The van der Waals surface area contributed by atoms with Gasteiger partial charge in [0.15, 0.2) is 0 Å². The lowest BCUT2D eigenvalue weighted by molar-refractivity contribution is -0.384. The van der Waals surface area contributed by atoms with E-state index in [1.165, 1.54) is 4.68 Å². The van der Waals surface area contributed by atoms with Crippen LogP contribution in [0.2, 0.25) is 0 Å². The zero-order valence-electron chi connectivity index (χ0n) is 11.5. The Morgan fingerprint density at radius 2 is 2.25 bits per heavy atom. The second-order valence-electron chi connectivity index (χ2n) is 4.53. The number of nitrogens with two attached hydrogens (primary N) is 1. The second kappa shape index (κ2) is 5.60. The zero-order chi connectivity index (χ0) is 14.7. The Labute approximate surface area is 116 Å². The molecule has 1 aromatic heterocycles. The molecule has 2 rings (SSSR count). The summed E-state index contributed by atoms with van der Waals surface area (Å²) in [5, 5.41) is 18.5. The van der Waals surface area contributed by atoms with Gasteiger partial charge in [-0.3, -0.25) is 10.1 Å². The van der Waals surface area contributed by atoms with E-state index in [1.807, 2.05) is 6.92 Å². The van der Waals surface area contributed by atoms with Crippen LogP contribution in [0.4, 0.5) is 22.9 Å². The number of aryl methyl sites for hydroxylation is 2. The lowest BCUT2D eigenvalue weighted by atomic mass is 10.2. The first-order chi connectivity index (χ1) is 9.52. The summed E-state index contributed by atoms with van der Waals surface area (Å²) in [6.07, 6.45) is 1.37. The van der Waals surface area contributed by atoms with Crippen molar-refractivity contribution < 1.29 is 4.92 Å². The monoisotopic (exact) mass is 275 g/mol. The predicted molar refractivity (Wildman–Crippen MR) is 78.0 cm³/mol. The van der Waals surface area contributed by atoms with Gasteiger partial charge < -0.3 is 11.1 Å². The summed E-state index contributed by atoms with van der Waals surface area (Å²) in [6, 6.07) is 7.06. The highest BCUT2D eigenvalue weighted by Gasteiger charge is 2.26. The fourth-order valence-electron chi connectivity index (χ4n) is 2.06. The second-order valence-corrected chi connectivity index (χ2v) is 4.53. The molecule has 0 aliphatic carbocycles. The molecule has 2 aromatic rings. The highest BCUT2D eigenvalue weighted by molar-refractivity contribution is 5.69. The third-order valence-electron chi connectivity index (χ3n) is 2.91. The Hall–Kier alpha value is -2.57. The Balaban J connectivity index is 2.42.